The highest BCUT2D eigenvalue weighted by molar-refractivity contribution is 5.42. The van der Waals surface area contributed by atoms with Crippen LogP contribution >= 0.6 is 0 Å². The van der Waals surface area contributed by atoms with Crippen LogP contribution < -0.4 is 4.74 Å². The van der Waals surface area contributed by atoms with Gasteiger partial charge in [0, 0.05) is 31.9 Å². The third-order valence-corrected chi connectivity index (χ3v) is 7.48. The number of aryl methyl sites for hydroxylation is 2. The summed E-state index contributed by atoms with van der Waals surface area (Å²) in [5, 5.41) is 0. The molecule has 0 amide bonds. The van der Waals surface area contributed by atoms with Gasteiger partial charge in [-0.3, -0.25) is 4.90 Å². The van der Waals surface area contributed by atoms with E-state index in [9.17, 15) is 13.2 Å². The molecular weight excluding hydrogens is 499 g/mol. The zero-order valence-corrected chi connectivity index (χ0v) is 24.7. The molecule has 2 unspecified atom stereocenters. The molecule has 7 heteroatoms. The third kappa shape index (κ3) is 7.10. The first-order chi connectivity index (χ1) is 18.6. The Balaban J connectivity index is 2.36. The fraction of sp³-hybridized carbons (Fsp3) is 0.562. The average Bonchev–Trinajstić information content (AvgIpc) is 2.86. The van der Waals surface area contributed by atoms with Crippen LogP contribution in [0.15, 0.2) is 53.9 Å². The van der Waals surface area contributed by atoms with Crippen molar-refractivity contribution in [2.24, 2.45) is 0 Å². The Morgan fingerprint density at radius 1 is 0.821 bits per heavy atom. The van der Waals surface area contributed by atoms with Crippen LogP contribution in [0.5, 0.6) is 5.75 Å². The maximum absolute atomic E-state index is 13.2. The van der Waals surface area contributed by atoms with Gasteiger partial charge in [0.15, 0.2) is 0 Å². The molecule has 216 valence electrons. The lowest BCUT2D eigenvalue weighted by Gasteiger charge is -2.53. The number of hydrogen-bond acceptors (Lipinski definition) is 4. The first kappa shape index (κ1) is 30.9. The van der Waals surface area contributed by atoms with Crippen LogP contribution in [0, 0.1) is 13.8 Å². The number of ether oxygens (including phenoxy) is 1. The van der Waals surface area contributed by atoms with E-state index in [0.717, 1.165) is 57.4 Å². The molecule has 2 aromatic rings. The Morgan fingerprint density at radius 3 is 1.95 bits per heavy atom. The highest BCUT2D eigenvalue weighted by Gasteiger charge is 2.43. The SMILES string of the molecule is CCCN(CCC)C1=C(C)N(CCC)C(c2c(C)cccc2C)N(CCC)C1c1cccc(OC(F)(F)F)c1. The van der Waals surface area contributed by atoms with Crippen molar-refractivity contribution in [2.45, 2.75) is 92.7 Å². The van der Waals surface area contributed by atoms with Crippen molar-refractivity contribution in [3.63, 3.8) is 0 Å². The predicted molar refractivity (Wildman–Crippen MR) is 153 cm³/mol. The second-order valence-electron chi connectivity index (χ2n) is 10.6. The summed E-state index contributed by atoms with van der Waals surface area (Å²) in [5.74, 6) is -0.175. The molecule has 1 aliphatic heterocycles. The smallest absolute Gasteiger partial charge is 0.406 e. The number of allylic oxidation sites excluding steroid dienone is 1. The average molecular weight is 546 g/mol. The number of nitrogens with zero attached hydrogens (tertiary/aromatic N) is 3. The minimum atomic E-state index is -4.74. The molecule has 0 saturated carbocycles. The van der Waals surface area contributed by atoms with Crippen molar-refractivity contribution in [1.29, 1.82) is 0 Å². The van der Waals surface area contributed by atoms with Crippen LogP contribution in [0.3, 0.4) is 0 Å². The molecule has 0 saturated heterocycles. The molecule has 1 aliphatic rings. The zero-order chi connectivity index (χ0) is 28.7. The fourth-order valence-corrected chi connectivity index (χ4v) is 6.13. The second-order valence-corrected chi connectivity index (χ2v) is 10.6. The summed E-state index contributed by atoms with van der Waals surface area (Å²) in [4.78, 5) is 7.51. The number of alkyl halides is 3. The lowest BCUT2D eigenvalue weighted by Crippen LogP contribution is -2.51. The van der Waals surface area contributed by atoms with E-state index in [1.807, 2.05) is 6.07 Å². The molecule has 0 N–H and O–H groups in total. The second kappa shape index (κ2) is 13.6. The van der Waals surface area contributed by atoms with Crippen molar-refractivity contribution in [3.05, 3.63) is 76.1 Å². The number of rotatable bonds is 12. The monoisotopic (exact) mass is 545 g/mol. The molecule has 4 nitrogen and oxygen atoms in total. The Labute approximate surface area is 233 Å². The highest BCUT2D eigenvalue weighted by Crippen LogP contribution is 2.48. The van der Waals surface area contributed by atoms with Gasteiger partial charge in [-0.2, -0.15) is 0 Å². The Morgan fingerprint density at radius 2 is 1.41 bits per heavy atom. The summed E-state index contributed by atoms with van der Waals surface area (Å²) >= 11 is 0. The van der Waals surface area contributed by atoms with Crippen molar-refractivity contribution in [2.75, 3.05) is 26.2 Å². The van der Waals surface area contributed by atoms with Crippen LogP contribution in [0.25, 0.3) is 0 Å². The van der Waals surface area contributed by atoms with Gasteiger partial charge in [0.2, 0.25) is 0 Å². The molecule has 0 spiro atoms. The lowest BCUT2D eigenvalue weighted by atomic mass is 9.89. The molecule has 1 heterocycles. The van der Waals surface area contributed by atoms with E-state index in [0.29, 0.717) is 0 Å². The molecule has 2 aromatic carbocycles. The number of hydrogen-bond donors (Lipinski definition) is 0. The highest BCUT2D eigenvalue weighted by atomic mass is 19.4. The van der Waals surface area contributed by atoms with Crippen LogP contribution in [0.4, 0.5) is 13.2 Å². The summed E-state index contributed by atoms with van der Waals surface area (Å²) in [5.41, 5.74) is 6.95. The van der Waals surface area contributed by atoms with E-state index in [2.05, 4.69) is 86.1 Å². The summed E-state index contributed by atoms with van der Waals surface area (Å²) in [6.07, 6.45) is -0.877. The van der Waals surface area contributed by atoms with Gasteiger partial charge in [0.1, 0.15) is 11.9 Å². The van der Waals surface area contributed by atoms with Gasteiger partial charge in [-0.05, 0) is 80.8 Å². The summed E-state index contributed by atoms with van der Waals surface area (Å²) < 4.78 is 44.1. The van der Waals surface area contributed by atoms with E-state index < -0.39 is 6.36 Å². The van der Waals surface area contributed by atoms with E-state index in [1.54, 1.807) is 12.1 Å². The van der Waals surface area contributed by atoms with Crippen molar-refractivity contribution in [1.82, 2.24) is 14.7 Å². The molecule has 0 aromatic heterocycles. The normalized spacial score (nSPS) is 18.6. The van der Waals surface area contributed by atoms with Crippen LogP contribution in [-0.2, 0) is 0 Å². The first-order valence-electron chi connectivity index (χ1n) is 14.5. The van der Waals surface area contributed by atoms with Crippen molar-refractivity contribution < 1.29 is 17.9 Å². The van der Waals surface area contributed by atoms with Crippen LogP contribution in [0.1, 0.15) is 94.8 Å². The molecule has 3 rings (SSSR count). The minimum absolute atomic E-state index is 0.0304. The number of halogens is 3. The van der Waals surface area contributed by atoms with Crippen LogP contribution in [-0.4, -0.2) is 47.2 Å². The van der Waals surface area contributed by atoms with Crippen molar-refractivity contribution in [3.8, 4) is 5.75 Å². The maximum atomic E-state index is 13.2. The van der Waals surface area contributed by atoms with Gasteiger partial charge < -0.3 is 14.5 Å². The maximum Gasteiger partial charge on any atom is 0.573 e. The van der Waals surface area contributed by atoms with Crippen LogP contribution in [0.2, 0.25) is 0 Å². The molecule has 39 heavy (non-hydrogen) atoms. The Bertz CT molecular complexity index is 1090. The Kier molecular flexibility index (Phi) is 10.8. The van der Waals surface area contributed by atoms with Gasteiger partial charge in [0.25, 0.3) is 0 Å². The summed E-state index contributed by atoms with van der Waals surface area (Å²) in [6.45, 7) is 18.8. The molecule has 0 fully saturated rings. The van der Waals surface area contributed by atoms with Gasteiger partial charge in [-0.1, -0.05) is 58.0 Å². The van der Waals surface area contributed by atoms with Crippen molar-refractivity contribution >= 4 is 0 Å². The molecule has 2 atom stereocenters. The van der Waals surface area contributed by atoms with Gasteiger partial charge >= 0.3 is 6.36 Å². The molecule has 0 bridgehead atoms. The fourth-order valence-electron chi connectivity index (χ4n) is 6.13. The zero-order valence-electron chi connectivity index (χ0n) is 24.7. The third-order valence-electron chi connectivity index (χ3n) is 7.48. The standard InChI is InChI=1S/C32H46F3N3O/c1-8-18-36(19-9-2)29-25(7)37(20-10-3)31(28-23(5)14-12-15-24(28)6)38(21-11-4)30(29)26-16-13-17-27(22-26)39-32(33,34)35/h12-17,22,30-31H,8-11,18-21H2,1-7H3. The largest absolute Gasteiger partial charge is 0.573 e. The Hall–Kier alpha value is -2.67. The molecule has 0 radical (unpaired) electrons. The van der Waals surface area contributed by atoms with Gasteiger partial charge in [-0.25, -0.2) is 0 Å². The van der Waals surface area contributed by atoms with E-state index in [1.165, 1.54) is 34.2 Å². The lowest BCUT2D eigenvalue weighted by molar-refractivity contribution is -0.274. The predicted octanol–water partition coefficient (Wildman–Crippen LogP) is 8.73. The van der Waals surface area contributed by atoms with E-state index >= 15 is 0 Å². The molecular formula is C32H46F3N3O. The number of benzene rings is 2. The molecule has 0 aliphatic carbocycles. The summed E-state index contributed by atoms with van der Waals surface area (Å²) in [7, 11) is 0. The van der Waals surface area contributed by atoms with Gasteiger partial charge in [0.05, 0.1) is 11.7 Å². The van der Waals surface area contributed by atoms with Gasteiger partial charge in [-0.15, -0.1) is 13.2 Å². The quantitative estimate of drug-likeness (QED) is 0.265. The van der Waals surface area contributed by atoms with E-state index in [-0.39, 0.29) is 18.0 Å². The van der Waals surface area contributed by atoms with E-state index in [4.69, 9.17) is 0 Å². The minimum Gasteiger partial charge on any atom is -0.406 e. The topological polar surface area (TPSA) is 19.0 Å². The first-order valence-corrected chi connectivity index (χ1v) is 14.5. The summed E-state index contributed by atoms with van der Waals surface area (Å²) in [6, 6.07) is 12.8.